The first-order valence-corrected chi connectivity index (χ1v) is 10.6. The fourth-order valence-electron chi connectivity index (χ4n) is 3.89. The molecule has 7 heteroatoms. The summed E-state index contributed by atoms with van der Waals surface area (Å²) >= 11 is 0. The lowest BCUT2D eigenvalue weighted by Crippen LogP contribution is -2.49. The predicted molar refractivity (Wildman–Crippen MR) is 119 cm³/mol. The minimum atomic E-state index is -0.272. The van der Waals surface area contributed by atoms with Crippen LogP contribution in [0, 0.1) is 0 Å². The van der Waals surface area contributed by atoms with Gasteiger partial charge >= 0.3 is 0 Å². The molecule has 2 aromatic rings. The molecule has 0 bridgehead atoms. The van der Waals surface area contributed by atoms with E-state index in [-0.39, 0.29) is 36.4 Å². The van der Waals surface area contributed by atoms with E-state index in [1.807, 2.05) is 4.90 Å². The van der Waals surface area contributed by atoms with Crippen molar-refractivity contribution in [3.8, 4) is 5.75 Å². The lowest BCUT2D eigenvalue weighted by atomic mass is 9.97. The first-order chi connectivity index (χ1) is 14.9. The largest absolute Gasteiger partial charge is 0.484 e. The maximum atomic E-state index is 12.6. The first-order valence-electron chi connectivity index (χ1n) is 10.6. The van der Waals surface area contributed by atoms with Gasteiger partial charge in [0.1, 0.15) is 5.75 Å². The quantitative estimate of drug-likeness (QED) is 0.745. The van der Waals surface area contributed by atoms with E-state index in [9.17, 15) is 14.4 Å². The molecule has 0 aliphatic carbocycles. The molecule has 3 rings (SSSR count). The number of benzene rings is 2. The summed E-state index contributed by atoms with van der Waals surface area (Å²) in [5, 5.41) is 5.34. The molecule has 2 atom stereocenters. The number of anilines is 1. The van der Waals surface area contributed by atoms with Gasteiger partial charge in [0.05, 0.1) is 0 Å². The zero-order chi connectivity index (χ0) is 22.4. The lowest BCUT2D eigenvalue weighted by Gasteiger charge is -2.38. The third-order valence-electron chi connectivity index (χ3n) is 5.59. The number of carbonyl (C=O) groups excluding carboxylic acids is 3. The molecule has 2 aromatic carbocycles. The summed E-state index contributed by atoms with van der Waals surface area (Å²) in [5.41, 5.74) is 1.57. The molecule has 1 saturated heterocycles. The van der Waals surface area contributed by atoms with Gasteiger partial charge in [-0.3, -0.25) is 14.4 Å². The van der Waals surface area contributed by atoms with Crippen LogP contribution in [-0.2, 0) is 4.79 Å². The SMILES string of the molecule is CNC(=O)c1ccc(NC(=O)c2ccc(OCC(=O)N3C(C)CCCC3C)cc2)cc1. The monoisotopic (exact) mass is 423 g/mol. The Labute approximate surface area is 182 Å². The summed E-state index contributed by atoms with van der Waals surface area (Å²) in [6.07, 6.45) is 3.19. The highest BCUT2D eigenvalue weighted by atomic mass is 16.5. The topological polar surface area (TPSA) is 87.7 Å². The van der Waals surface area contributed by atoms with E-state index >= 15 is 0 Å². The van der Waals surface area contributed by atoms with Crippen molar-refractivity contribution in [3.63, 3.8) is 0 Å². The van der Waals surface area contributed by atoms with E-state index in [0.29, 0.717) is 22.6 Å². The Morgan fingerprint density at radius 2 is 1.45 bits per heavy atom. The fraction of sp³-hybridized carbons (Fsp3) is 0.375. The van der Waals surface area contributed by atoms with Crippen LogP contribution in [0.1, 0.15) is 53.8 Å². The Morgan fingerprint density at radius 3 is 2.03 bits per heavy atom. The van der Waals surface area contributed by atoms with Crippen LogP contribution in [0.25, 0.3) is 0 Å². The van der Waals surface area contributed by atoms with Crippen LogP contribution in [-0.4, -0.2) is 48.4 Å². The Bertz CT molecular complexity index is 915. The van der Waals surface area contributed by atoms with Gasteiger partial charge in [0.2, 0.25) is 0 Å². The van der Waals surface area contributed by atoms with Crippen molar-refractivity contribution in [1.29, 1.82) is 0 Å². The van der Waals surface area contributed by atoms with Gasteiger partial charge < -0.3 is 20.3 Å². The molecule has 7 nitrogen and oxygen atoms in total. The molecule has 1 aliphatic rings. The van der Waals surface area contributed by atoms with Crippen LogP contribution < -0.4 is 15.4 Å². The molecule has 0 aromatic heterocycles. The minimum absolute atomic E-state index is 0.0123. The zero-order valence-electron chi connectivity index (χ0n) is 18.2. The standard InChI is InChI=1S/C24H29N3O4/c1-16-5-4-6-17(2)27(16)22(28)15-31-21-13-9-19(10-14-21)24(30)26-20-11-7-18(8-12-20)23(29)25-3/h7-14,16-17H,4-6,15H2,1-3H3,(H,25,29)(H,26,30). The second kappa shape index (κ2) is 10.1. The van der Waals surface area contributed by atoms with Crippen molar-refractivity contribution >= 4 is 23.4 Å². The highest BCUT2D eigenvalue weighted by Gasteiger charge is 2.28. The lowest BCUT2D eigenvalue weighted by molar-refractivity contribution is -0.139. The number of carbonyl (C=O) groups is 3. The average molecular weight is 424 g/mol. The number of amides is 3. The van der Waals surface area contributed by atoms with Crippen LogP contribution in [0.2, 0.25) is 0 Å². The van der Waals surface area contributed by atoms with E-state index in [1.54, 1.807) is 55.6 Å². The van der Waals surface area contributed by atoms with Crippen molar-refractivity contribution in [2.45, 2.75) is 45.2 Å². The van der Waals surface area contributed by atoms with Crippen LogP contribution >= 0.6 is 0 Å². The molecule has 2 N–H and O–H groups in total. The van der Waals surface area contributed by atoms with Crippen LogP contribution in [0.3, 0.4) is 0 Å². The van der Waals surface area contributed by atoms with Crippen molar-refractivity contribution in [2.75, 3.05) is 19.0 Å². The number of likely N-dealkylation sites (tertiary alicyclic amines) is 1. The molecular weight excluding hydrogens is 394 g/mol. The van der Waals surface area contributed by atoms with Crippen LogP contribution in [0.4, 0.5) is 5.69 Å². The molecule has 1 aliphatic heterocycles. The first kappa shape index (κ1) is 22.3. The number of ether oxygens (including phenoxy) is 1. The van der Waals surface area contributed by atoms with E-state index in [1.165, 1.54) is 0 Å². The predicted octanol–water partition coefficient (Wildman–Crippen LogP) is 3.47. The van der Waals surface area contributed by atoms with Gasteiger partial charge in [0.25, 0.3) is 17.7 Å². The number of nitrogens with one attached hydrogen (secondary N) is 2. The van der Waals surface area contributed by atoms with Gasteiger partial charge in [-0.25, -0.2) is 0 Å². The Morgan fingerprint density at radius 1 is 0.903 bits per heavy atom. The molecular formula is C24H29N3O4. The third kappa shape index (κ3) is 5.63. The summed E-state index contributed by atoms with van der Waals surface area (Å²) in [6.45, 7) is 4.14. The Balaban J connectivity index is 1.54. The molecule has 0 saturated carbocycles. The second-order valence-electron chi connectivity index (χ2n) is 7.85. The van der Waals surface area contributed by atoms with Gasteiger partial charge in [-0.05, 0) is 81.6 Å². The Kier molecular flexibility index (Phi) is 7.28. The third-order valence-corrected chi connectivity index (χ3v) is 5.59. The van der Waals surface area contributed by atoms with Crippen LogP contribution in [0.15, 0.2) is 48.5 Å². The number of hydrogen-bond acceptors (Lipinski definition) is 4. The highest BCUT2D eigenvalue weighted by Crippen LogP contribution is 2.23. The van der Waals surface area contributed by atoms with E-state index in [4.69, 9.17) is 4.74 Å². The second-order valence-corrected chi connectivity index (χ2v) is 7.85. The van der Waals surface area contributed by atoms with Crippen molar-refractivity contribution in [2.24, 2.45) is 0 Å². The molecule has 2 unspecified atom stereocenters. The van der Waals surface area contributed by atoms with Gasteiger partial charge in [0, 0.05) is 35.9 Å². The van der Waals surface area contributed by atoms with Gasteiger partial charge in [-0.1, -0.05) is 0 Å². The Hall–Kier alpha value is -3.35. The normalized spacial score (nSPS) is 18.2. The molecule has 0 radical (unpaired) electrons. The number of hydrogen-bond donors (Lipinski definition) is 2. The molecule has 31 heavy (non-hydrogen) atoms. The summed E-state index contributed by atoms with van der Waals surface area (Å²) < 4.78 is 5.66. The zero-order valence-corrected chi connectivity index (χ0v) is 18.2. The van der Waals surface area contributed by atoms with E-state index in [0.717, 1.165) is 19.3 Å². The van der Waals surface area contributed by atoms with Crippen molar-refractivity contribution in [1.82, 2.24) is 10.2 Å². The van der Waals surface area contributed by atoms with Crippen LogP contribution in [0.5, 0.6) is 5.75 Å². The molecule has 3 amide bonds. The van der Waals surface area contributed by atoms with E-state index in [2.05, 4.69) is 24.5 Å². The molecule has 1 heterocycles. The smallest absolute Gasteiger partial charge is 0.260 e. The number of piperidine rings is 1. The van der Waals surface area contributed by atoms with Crippen molar-refractivity contribution in [3.05, 3.63) is 59.7 Å². The maximum absolute atomic E-state index is 12.6. The summed E-state index contributed by atoms with van der Waals surface area (Å²) in [7, 11) is 1.57. The average Bonchev–Trinajstić information content (AvgIpc) is 2.78. The summed E-state index contributed by atoms with van der Waals surface area (Å²) in [5.74, 6) is 0.0706. The maximum Gasteiger partial charge on any atom is 0.260 e. The molecule has 0 spiro atoms. The number of rotatable bonds is 6. The minimum Gasteiger partial charge on any atom is -0.484 e. The number of nitrogens with zero attached hydrogens (tertiary/aromatic N) is 1. The molecule has 164 valence electrons. The fourth-order valence-corrected chi connectivity index (χ4v) is 3.89. The summed E-state index contributed by atoms with van der Waals surface area (Å²) in [6, 6.07) is 13.8. The van der Waals surface area contributed by atoms with Gasteiger partial charge in [0.15, 0.2) is 6.61 Å². The van der Waals surface area contributed by atoms with Gasteiger partial charge in [-0.15, -0.1) is 0 Å². The summed E-state index contributed by atoms with van der Waals surface area (Å²) in [4.78, 5) is 38.5. The molecule has 1 fully saturated rings. The highest BCUT2D eigenvalue weighted by molar-refractivity contribution is 6.04. The van der Waals surface area contributed by atoms with E-state index < -0.39 is 0 Å². The van der Waals surface area contributed by atoms with Gasteiger partial charge in [-0.2, -0.15) is 0 Å². The van der Waals surface area contributed by atoms with Crippen molar-refractivity contribution < 1.29 is 19.1 Å².